The van der Waals surface area contributed by atoms with E-state index in [2.05, 4.69) is 21.2 Å². The van der Waals surface area contributed by atoms with Crippen molar-refractivity contribution in [2.24, 2.45) is 0 Å². The second-order valence-corrected chi connectivity index (χ2v) is 4.96. The molecule has 4 heteroatoms. The van der Waals surface area contributed by atoms with Gasteiger partial charge in [0, 0.05) is 22.3 Å². The Balaban J connectivity index is 2.13. The summed E-state index contributed by atoms with van der Waals surface area (Å²) in [5.74, 6) is -0.834. The van der Waals surface area contributed by atoms with Crippen molar-refractivity contribution in [3.63, 3.8) is 0 Å². The first-order valence-electron chi connectivity index (χ1n) is 5.50. The molecular formula is C14H12BrF2N. The minimum atomic E-state index is -0.430. The number of hydrogen-bond donors (Lipinski definition) is 1. The van der Waals surface area contributed by atoms with Crippen LogP contribution in [0.5, 0.6) is 0 Å². The smallest absolute Gasteiger partial charge is 0.128 e. The quantitative estimate of drug-likeness (QED) is 0.870. The molecule has 2 rings (SSSR count). The summed E-state index contributed by atoms with van der Waals surface area (Å²) < 4.78 is 27.4. The van der Waals surface area contributed by atoms with Crippen LogP contribution in [0.1, 0.15) is 11.1 Å². The number of benzene rings is 2. The lowest BCUT2D eigenvalue weighted by molar-refractivity contribution is 0.587. The van der Waals surface area contributed by atoms with E-state index in [9.17, 15) is 8.78 Å². The van der Waals surface area contributed by atoms with Crippen LogP contribution in [0.15, 0.2) is 40.9 Å². The second kappa shape index (κ2) is 5.48. The third-order valence-corrected chi connectivity index (χ3v) is 3.16. The highest BCUT2D eigenvalue weighted by molar-refractivity contribution is 9.10. The van der Waals surface area contributed by atoms with Crippen LogP contribution >= 0.6 is 15.9 Å². The van der Waals surface area contributed by atoms with Crippen LogP contribution in [0.4, 0.5) is 14.5 Å². The summed E-state index contributed by atoms with van der Waals surface area (Å²) in [4.78, 5) is 0. The van der Waals surface area contributed by atoms with E-state index in [1.165, 1.54) is 6.07 Å². The molecule has 0 aromatic heterocycles. The van der Waals surface area contributed by atoms with Gasteiger partial charge in [0.2, 0.25) is 0 Å². The van der Waals surface area contributed by atoms with E-state index in [-0.39, 0.29) is 6.54 Å². The van der Waals surface area contributed by atoms with Crippen molar-refractivity contribution in [1.82, 2.24) is 0 Å². The van der Waals surface area contributed by atoms with Crippen LogP contribution in [0.2, 0.25) is 0 Å². The molecule has 94 valence electrons. The van der Waals surface area contributed by atoms with Gasteiger partial charge in [-0.3, -0.25) is 0 Å². The second-order valence-electron chi connectivity index (χ2n) is 4.05. The van der Waals surface area contributed by atoms with Gasteiger partial charge < -0.3 is 5.32 Å². The summed E-state index contributed by atoms with van der Waals surface area (Å²) in [5, 5.41) is 3.10. The van der Waals surface area contributed by atoms with E-state index in [0.29, 0.717) is 5.56 Å². The Morgan fingerprint density at radius 1 is 1.11 bits per heavy atom. The van der Waals surface area contributed by atoms with Crippen LogP contribution < -0.4 is 5.32 Å². The number of nitrogens with one attached hydrogen (secondary N) is 1. The number of hydrogen-bond acceptors (Lipinski definition) is 1. The monoisotopic (exact) mass is 311 g/mol. The highest BCUT2D eigenvalue weighted by Gasteiger charge is 2.04. The molecule has 0 aliphatic carbocycles. The van der Waals surface area contributed by atoms with Crippen LogP contribution in [0, 0.1) is 18.6 Å². The van der Waals surface area contributed by atoms with E-state index in [1.54, 1.807) is 0 Å². The van der Waals surface area contributed by atoms with Crippen molar-refractivity contribution < 1.29 is 8.78 Å². The average Bonchev–Trinajstić information content (AvgIpc) is 2.32. The maximum Gasteiger partial charge on any atom is 0.128 e. The van der Waals surface area contributed by atoms with E-state index >= 15 is 0 Å². The summed E-state index contributed by atoms with van der Waals surface area (Å²) in [7, 11) is 0. The van der Waals surface area contributed by atoms with Crippen LogP contribution in [-0.2, 0) is 6.54 Å². The number of aryl methyl sites for hydroxylation is 1. The Kier molecular flexibility index (Phi) is 3.97. The van der Waals surface area contributed by atoms with Gasteiger partial charge in [-0.2, -0.15) is 0 Å². The molecule has 0 aliphatic heterocycles. The van der Waals surface area contributed by atoms with Crippen molar-refractivity contribution in [2.75, 3.05) is 5.32 Å². The maximum atomic E-state index is 13.4. The lowest BCUT2D eigenvalue weighted by Gasteiger charge is -2.10. The highest BCUT2D eigenvalue weighted by atomic mass is 79.9. The molecule has 2 aromatic rings. The largest absolute Gasteiger partial charge is 0.381 e. The number of rotatable bonds is 3. The van der Waals surface area contributed by atoms with Gasteiger partial charge in [0.15, 0.2) is 0 Å². The van der Waals surface area contributed by atoms with Crippen molar-refractivity contribution in [3.05, 3.63) is 63.6 Å². The molecule has 0 radical (unpaired) electrons. The predicted molar refractivity (Wildman–Crippen MR) is 72.6 cm³/mol. The molecule has 0 spiro atoms. The third-order valence-electron chi connectivity index (χ3n) is 2.67. The third kappa shape index (κ3) is 3.07. The molecule has 2 aromatic carbocycles. The molecule has 0 heterocycles. The van der Waals surface area contributed by atoms with Crippen molar-refractivity contribution in [2.45, 2.75) is 13.5 Å². The average molecular weight is 312 g/mol. The standard InChI is InChI=1S/C14H12BrF2N/c1-9-6-11(15)2-5-14(9)18-8-10-7-12(16)3-4-13(10)17/h2-7,18H,8H2,1H3. The molecule has 0 saturated carbocycles. The molecule has 0 amide bonds. The Morgan fingerprint density at radius 2 is 1.89 bits per heavy atom. The van der Waals surface area contributed by atoms with Crippen molar-refractivity contribution in [3.8, 4) is 0 Å². The molecule has 18 heavy (non-hydrogen) atoms. The predicted octanol–water partition coefficient (Wildman–Crippen LogP) is 4.65. The molecule has 0 aliphatic rings. The summed E-state index contributed by atoms with van der Waals surface area (Å²) in [6.07, 6.45) is 0. The molecule has 1 nitrogen and oxygen atoms in total. The fourth-order valence-electron chi connectivity index (χ4n) is 1.69. The Hall–Kier alpha value is -1.42. The SMILES string of the molecule is Cc1cc(Br)ccc1NCc1cc(F)ccc1F. The number of anilines is 1. The summed E-state index contributed by atoms with van der Waals surface area (Å²) >= 11 is 3.38. The van der Waals surface area contributed by atoms with Crippen molar-refractivity contribution in [1.29, 1.82) is 0 Å². The minimum Gasteiger partial charge on any atom is -0.381 e. The Labute approximate surface area is 113 Å². The number of halogens is 3. The van der Waals surface area contributed by atoms with Gasteiger partial charge in [-0.15, -0.1) is 0 Å². The zero-order valence-electron chi connectivity index (χ0n) is 9.81. The summed E-state index contributed by atoms with van der Waals surface area (Å²) in [6.45, 7) is 2.21. The lowest BCUT2D eigenvalue weighted by atomic mass is 10.1. The maximum absolute atomic E-state index is 13.4. The molecular weight excluding hydrogens is 300 g/mol. The van der Waals surface area contributed by atoms with Gasteiger partial charge in [0.1, 0.15) is 11.6 Å². The van der Waals surface area contributed by atoms with E-state index in [1.807, 2.05) is 25.1 Å². The van der Waals surface area contributed by atoms with Crippen molar-refractivity contribution >= 4 is 21.6 Å². The Bertz CT molecular complexity index is 570. The van der Waals surface area contributed by atoms with Gasteiger partial charge in [0.25, 0.3) is 0 Å². The highest BCUT2D eigenvalue weighted by Crippen LogP contribution is 2.21. The molecule has 0 fully saturated rings. The zero-order valence-corrected chi connectivity index (χ0v) is 11.4. The first kappa shape index (κ1) is 13.0. The van der Waals surface area contributed by atoms with Crippen LogP contribution in [-0.4, -0.2) is 0 Å². The zero-order chi connectivity index (χ0) is 13.1. The van der Waals surface area contributed by atoms with Gasteiger partial charge >= 0.3 is 0 Å². The van der Waals surface area contributed by atoms with Gasteiger partial charge in [-0.25, -0.2) is 8.78 Å². The van der Waals surface area contributed by atoms with E-state index in [4.69, 9.17) is 0 Å². The minimum absolute atomic E-state index is 0.256. The van der Waals surface area contributed by atoms with E-state index in [0.717, 1.165) is 27.9 Å². The Morgan fingerprint density at radius 3 is 2.61 bits per heavy atom. The normalized spacial score (nSPS) is 10.4. The van der Waals surface area contributed by atoms with Crippen LogP contribution in [0.3, 0.4) is 0 Å². The molecule has 0 unspecified atom stereocenters. The van der Waals surface area contributed by atoms with Crippen LogP contribution in [0.25, 0.3) is 0 Å². The van der Waals surface area contributed by atoms with Gasteiger partial charge in [-0.05, 0) is 48.9 Å². The first-order valence-corrected chi connectivity index (χ1v) is 6.29. The lowest BCUT2D eigenvalue weighted by Crippen LogP contribution is -2.03. The molecule has 0 atom stereocenters. The molecule has 0 bridgehead atoms. The fourth-order valence-corrected chi connectivity index (χ4v) is 2.17. The summed E-state index contributed by atoms with van der Waals surface area (Å²) in [6, 6.07) is 9.22. The van der Waals surface area contributed by atoms with Gasteiger partial charge in [-0.1, -0.05) is 15.9 Å². The fraction of sp³-hybridized carbons (Fsp3) is 0.143. The summed E-state index contributed by atoms with van der Waals surface area (Å²) in [5.41, 5.74) is 2.26. The topological polar surface area (TPSA) is 12.0 Å². The molecule has 0 saturated heterocycles. The first-order chi connectivity index (χ1) is 8.56. The molecule has 1 N–H and O–H groups in total. The van der Waals surface area contributed by atoms with Gasteiger partial charge in [0.05, 0.1) is 0 Å². The van der Waals surface area contributed by atoms with E-state index < -0.39 is 11.6 Å².